The van der Waals surface area contributed by atoms with Crippen molar-refractivity contribution in [1.29, 1.82) is 0 Å². The molecule has 0 fully saturated rings. The van der Waals surface area contributed by atoms with E-state index >= 15 is 0 Å². The minimum atomic E-state index is -8.26. The highest BCUT2D eigenvalue weighted by atomic mass is 19.4. The molecule has 28 heavy (non-hydrogen) atoms. The zero-order chi connectivity index (χ0) is 23.4. The summed E-state index contributed by atoms with van der Waals surface area (Å²) in [5.74, 6) is -56.8. The Morgan fingerprint density at radius 2 is 0.786 bits per heavy atom. The van der Waals surface area contributed by atoms with Gasteiger partial charge in [0.1, 0.15) is 0 Å². The molecular formula is C10H2F18. The minimum Gasteiger partial charge on any atom is -0.244 e. The van der Waals surface area contributed by atoms with E-state index in [4.69, 9.17) is 0 Å². The Hall–Kier alpha value is -1.52. The quantitative estimate of drug-likeness (QED) is 0.379. The summed E-state index contributed by atoms with van der Waals surface area (Å²) in [5, 5.41) is 0. The second-order valence-electron chi connectivity index (χ2n) is 4.84. The van der Waals surface area contributed by atoms with E-state index in [1.807, 2.05) is 0 Å². The normalized spacial score (nSPS) is 16.9. The molecule has 0 atom stereocenters. The van der Waals surface area contributed by atoms with Gasteiger partial charge >= 0.3 is 41.7 Å². The van der Waals surface area contributed by atoms with Crippen LogP contribution >= 0.6 is 0 Å². The molecule has 0 aromatic heterocycles. The number of hydrogen-bond donors (Lipinski definition) is 0. The maximum absolute atomic E-state index is 13.0. The van der Waals surface area contributed by atoms with E-state index in [0.29, 0.717) is 0 Å². The monoisotopic (exact) mass is 464 g/mol. The molecule has 0 heterocycles. The van der Waals surface area contributed by atoms with Gasteiger partial charge in [-0.25, -0.2) is 13.2 Å². The largest absolute Gasteiger partial charge is 0.460 e. The molecule has 0 aliphatic heterocycles. The van der Waals surface area contributed by atoms with Gasteiger partial charge in [0.15, 0.2) is 6.67 Å². The SMILES string of the molecule is FCC(F)(F)C(F)(F)C(F)(F)C(F)(F)C(F)(F)C(F)=C(F)C(F)(F)C(F)(F)F. The lowest BCUT2D eigenvalue weighted by Gasteiger charge is -2.38. The van der Waals surface area contributed by atoms with Crippen molar-refractivity contribution < 1.29 is 79.0 Å². The highest BCUT2D eigenvalue weighted by molar-refractivity contribution is 5.24. The summed E-state index contributed by atoms with van der Waals surface area (Å²) >= 11 is 0. The summed E-state index contributed by atoms with van der Waals surface area (Å²) in [7, 11) is 0. The van der Waals surface area contributed by atoms with E-state index in [-0.39, 0.29) is 0 Å². The highest BCUT2D eigenvalue weighted by Gasteiger charge is 2.87. The first-order chi connectivity index (χ1) is 11.9. The first kappa shape index (κ1) is 26.5. The fraction of sp³-hybridized carbons (Fsp3) is 0.800. The van der Waals surface area contributed by atoms with Crippen molar-refractivity contribution in [3.63, 3.8) is 0 Å². The smallest absolute Gasteiger partial charge is 0.244 e. The van der Waals surface area contributed by atoms with Gasteiger partial charge in [-0.05, 0) is 0 Å². The van der Waals surface area contributed by atoms with Crippen molar-refractivity contribution in [2.45, 2.75) is 41.7 Å². The molecular weight excluding hydrogens is 462 g/mol. The number of allylic oxidation sites excluding steroid dienone is 2. The number of alkyl halides is 16. The lowest BCUT2D eigenvalue weighted by Crippen LogP contribution is -2.68. The van der Waals surface area contributed by atoms with Crippen LogP contribution in [0.1, 0.15) is 0 Å². The number of rotatable bonds is 7. The molecule has 0 aromatic rings. The Morgan fingerprint density at radius 3 is 1.07 bits per heavy atom. The third-order valence-electron chi connectivity index (χ3n) is 2.91. The summed E-state index contributed by atoms with van der Waals surface area (Å²) < 4.78 is 226. The average Bonchev–Trinajstić information content (AvgIpc) is 2.51. The lowest BCUT2D eigenvalue weighted by molar-refractivity contribution is -0.398. The second-order valence-corrected chi connectivity index (χ2v) is 4.84. The average molecular weight is 464 g/mol. The van der Waals surface area contributed by atoms with Crippen LogP contribution in [-0.4, -0.2) is 48.4 Å². The zero-order valence-corrected chi connectivity index (χ0v) is 12.0. The molecule has 0 rings (SSSR count). The van der Waals surface area contributed by atoms with E-state index in [1.54, 1.807) is 0 Å². The lowest BCUT2D eigenvalue weighted by atomic mass is 9.93. The maximum atomic E-state index is 13.0. The van der Waals surface area contributed by atoms with Gasteiger partial charge in [0, 0.05) is 0 Å². The summed E-state index contributed by atoms with van der Waals surface area (Å²) in [6.07, 6.45) is -7.30. The van der Waals surface area contributed by atoms with Gasteiger partial charge in [-0.1, -0.05) is 0 Å². The van der Waals surface area contributed by atoms with Crippen LogP contribution < -0.4 is 0 Å². The minimum absolute atomic E-state index is 3.88. The van der Waals surface area contributed by atoms with Crippen LogP contribution in [0.5, 0.6) is 0 Å². The Balaban J connectivity index is 6.67. The van der Waals surface area contributed by atoms with Crippen molar-refractivity contribution in [3.05, 3.63) is 11.7 Å². The summed E-state index contributed by atoms with van der Waals surface area (Å²) in [5.41, 5.74) is 0. The number of hydrogen-bond acceptors (Lipinski definition) is 0. The highest BCUT2D eigenvalue weighted by Crippen LogP contribution is 2.59. The van der Waals surface area contributed by atoms with Gasteiger partial charge < -0.3 is 0 Å². The molecule has 0 nitrogen and oxygen atoms in total. The molecule has 0 aromatic carbocycles. The van der Waals surface area contributed by atoms with Crippen LogP contribution in [0, 0.1) is 0 Å². The van der Waals surface area contributed by atoms with Crippen LogP contribution in [0.25, 0.3) is 0 Å². The summed E-state index contributed by atoms with van der Waals surface area (Å²) in [4.78, 5) is 0. The van der Waals surface area contributed by atoms with Gasteiger partial charge in [0.25, 0.3) is 0 Å². The van der Waals surface area contributed by atoms with Gasteiger partial charge in [-0.2, -0.15) is 65.9 Å². The third kappa shape index (κ3) is 3.46. The third-order valence-corrected chi connectivity index (χ3v) is 2.91. The van der Waals surface area contributed by atoms with Gasteiger partial charge in [0.2, 0.25) is 11.7 Å². The molecule has 0 N–H and O–H groups in total. The molecule has 18 heteroatoms. The molecule has 0 aliphatic carbocycles. The molecule has 0 aliphatic rings. The first-order valence-electron chi connectivity index (χ1n) is 5.83. The first-order valence-corrected chi connectivity index (χ1v) is 5.83. The predicted octanol–water partition coefficient (Wildman–Crippen LogP) is 6.48. The van der Waals surface area contributed by atoms with E-state index in [1.165, 1.54) is 0 Å². The van der Waals surface area contributed by atoms with Gasteiger partial charge in [-0.15, -0.1) is 0 Å². The van der Waals surface area contributed by atoms with Crippen molar-refractivity contribution in [2.75, 3.05) is 6.67 Å². The molecule has 0 radical (unpaired) electrons. The van der Waals surface area contributed by atoms with E-state index in [9.17, 15) is 79.0 Å². The molecule has 0 unspecified atom stereocenters. The second kappa shape index (κ2) is 6.77. The Morgan fingerprint density at radius 1 is 0.464 bits per heavy atom. The Labute approximate surface area is 140 Å². The van der Waals surface area contributed by atoms with E-state index in [0.717, 1.165) is 0 Å². The van der Waals surface area contributed by atoms with Crippen LogP contribution in [0.15, 0.2) is 11.7 Å². The Kier molecular flexibility index (Phi) is 6.41. The summed E-state index contributed by atoms with van der Waals surface area (Å²) in [6.45, 7) is -3.88. The van der Waals surface area contributed by atoms with Gasteiger partial charge in [-0.3, -0.25) is 0 Å². The van der Waals surface area contributed by atoms with E-state index < -0.39 is 60.0 Å². The van der Waals surface area contributed by atoms with Gasteiger partial charge in [0.05, 0.1) is 0 Å². The topological polar surface area (TPSA) is 0 Å². The van der Waals surface area contributed by atoms with Crippen molar-refractivity contribution >= 4 is 0 Å². The van der Waals surface area contributed by atoms with Crippen molar-refractivity contribution in [1.82, 2.24) is 0 Å². The Bertz CT molecular complexity index is 606. The zero-order valence-electron chi connectivity index (χ0n) is 12.0. The van der Waals surface area contributed by atoms with Crippen LogP contribution in [0.3, 0.4) is 0 Å². The standard InChI is InChI=1S/C10H2F18/c11-1-4(14,15)7(20,21)9(24,25)8(22,23)5(16,17)2(12)3(13)6(18,19)10(26,27)28/h1H2. The molecule has 0 spiro atoms. The summed E-state index contributed by atoms with van der Waals surface area (Å²) in [6, 6.07) is 0. The van der Waals surface area contributed by atoms with Crippen molar-refractivity contribution in [2.24, 2.45) is 0 Å². The van der Waals surface area contributed by atoms with Crippen LogP contribution in [0.2, 0.25) is 0 Å². The predicted molar refractivity (Wildman–Crippen MR) is 51.0 cm³/mol. The van der Waals surface area contributed by atoms with Crippen LogP contribution in [0.4, 0.5) is 79.0 Å². The molecule has 0 saturated carbocycles. The molecule has 0 amide bonds. The molecule has 168 valence electrons. The fourth-order valence-corrected chi connectivity index (χ4v) is 1.25. The number of halogens is 18. The van der Waals surface area contributed by atoms with Crippen LogP contribution in [-0.2, 0) is 0 Å². The van der Waals surface area contributed by atoms with E-state index in [2.05, 4.69) is 0 Å². The molecule has 0 bridgehead atoms. The van der Waals surface area contributed by atoms with Crippen molar-refractivity contribution in [3.8, 4) is 0 Å². The maximum Gasteiger partial charge on any atom is 0.460 e. The fourth-order valence-electron chi connectivity index (χ4n) is 1.25. The molecule has 0 saturated heterocycles.